The van der Waals surface area contributed by atoms with E-state index in [4.69, 9.17) is 0 Å². The van der Waals surface area contributed by atoms with Gasteiger partial charge in [-0.25, -0.2) is 0 Å². The Morgan fingerprint density at radius 1 is 1.19 bits per heavy atom. The molecule has 1 aliphatic heterocycles. The Kier molecular flexibility index (Phi) is 5.58. The van der Waals surface area contributed by atoms with Gasteiger partial charge in [0.25, 0.3) is 5.91 Å². The van der Waals surface area contributed by atoms with E-state index in [9.17, 15) is 9.90 Å². The minimum Gasteiger partial charge on any atom is -0.393 e. The normalized spacial score (nSPS) is 18.9. The molecule has 0 radical (unpaired) electrons. The number of carbonyl (C=O) groups is 1. The topological polar surface area (TPSA) is 69.2 Å². The number of piperidine rings is 1. The summed E-state index contributed by atoms with van der Waals surface area (Å²) in [6.07, 6.45) is 7.42. The predicted molar refractivity (Wildman–Crippen MR) is 105 cm³/mol. The van der Waals surface area contributed by atoms with Crippen LogP contribution in [0.1, 0.15) is 59.4 Å². The SMILES string of the molecule is O=C(c1n[nH]c2c1CCCC2)N1CCC([C@H](O)CCc2ccccc2)CC1. The van der Waals surface area contributed by atoms with Crippen LogP contribution >= 0.6 is 0 Å². The van der Waals surface area contributed by atoms with Crippen molar-refractivity contribution in [3.8, 4) is 0 Å². The minimum absolute atomic E-state index is 0.0617. The summed E-state index contributed by atoms with van der Waals surface area (Å²) in [7, 11) is 0. The summed E-state index contributed by atoms with van der Waals surface area (Å²) >= 11 is 0. The van der Waals surface area contributed by atoms with Gasteiger partial charge in [0, 0.05) is 24.3 Å². The van der Waals surface area contributed by atoms with E-state index < -0.39 is 0 Å². The number of aliphatic hydroxyl groups is 1. The van der Waals surface area contributed by atoms with Crippen LogP contribution < -0.4 is 0 Å². The van der Waals surface area contributed by atoms with Gasteiger partial charge in [-0.1, -0.05) is 30.3 Å². The van der Waals surface area contributed by atoms with E-state index in [-0.39, 0.29) is 17.9 Å². The van der Waals surface area contributed by atoms with Gasteiger partial charge in [0.15, 0.2) is 5.69 Å². The van der Waals surface area contributed by atoms with Gasteiger partial charge in [-0.15, -0.1) is 0 Å². The number of aryl methyl sites for hydroxylation is 2. The fourth-order valence-corrected chi connectivity index (χ4v) is 4.49. The quantitative estimate of drug-likeness (QED) is 0.853. The van der Waals surface area contributed by atoms with Crippen molar-refractivity contribution in [2.24, 2.45) is 5.92 Å². The number of nitrogens with one attached hydrogen (secondary N) is 1. The van der Waals surface area contributed by atoms with Crippen LogP contribution in [-0.2, 0) is 19.3 Å². The maximum absolute atomic E-state index is 12.9. The molecule has 2 aromatic rings. The fourth-order valence-electron chi connectivity index (χ4n) is 4.49. The highest BCUT2D eigenvalue weighted by Gasteiger charge is 2.30. The molecule has 0 unspecified atom stereocenters. The number of likely N-dealkylation sites (tertiary alicyclic amines) is 1. The van der Waals surface area contributed by atoms with Crippen LogP contribution in [0.5, 0.6) is 0 Å². The molecule has 1 atom stereocenters. The van der Waals surface area contributed by atoms with Crippen LogP contribution in [0.15, 0.2) is 30.3 Å². The number of hydrogen-bond acceptors (Lipinski definition) is 3. The molecule has 1 fully saturated rings. The number of H-pyrrole nitrogens is 1. The zero-order chi connectivity index (χ0) is 18.6. The molecule has 5 heteroatoms. The first-order chi connectivity index (χ1) is 13.2. The third kappa shape index (κ3) is 4.08. The Morgan fingerprint density at radius 3 is 2.70 bits per heavy atom. The van der Waals surface area contributed by atoms with Gasteiger partial charge in [0.2, 0.25) is 0 Å². The summed E-state index contributed by atoms with van der Waals surface area (Å²) in [6, 6.07) is 10.3. The second kappa shape index (κ2) is 8.26. The van der Waals surface area contributed by atoms with E-state index in [1.807, 2.05) is 23.1 Å². The lowest BCUT2D eigenvalue weighted by Gasteiger charge is -2.34. The molecule has 0 bridgehead atoms. The zero-order valence-corrected chi connectivity index (χ0v) is 15.9. The number of carbonyl (C=O) groups excluding carboxylic acids is 1. The lowest BCUT2D eigenvalue weighted by Crippen LogP contribution is -2.41. The first-order valence-corrected chi connectivity index (χ1v) is 10.3. The first kappa shape index (κ1) is 18.2. The average Bonchev–Trinajstić information content (AvgIpc) is 3.16. The van der Waals surface area contributed by atoms with Crippen LogP contribution in [0.25, 0.3) is 0 Å². The van der Waals surface area contributed by atoms with Gasteiger partial charge < -0.3 is 10.0 Å². The molecule has 1 saturated heterocycles. The highest BCUT2D eigenvalue weighted by atomic mass is 16.3. The Morgan fingerprint density at radius 2 is 1.93 bits per heavy atom. The first-order valence-electron chi connectivity index (χ1n) is 10.3. The van der Waals surface area contributed by atoms with Crippen molar-refractivity contribution in [1.82, 2.24) is 15.1 Å². The monoisotopic (exact) mass is 367 g/mol. The van der Waals surface area contributed by atoms with Crippen molar-refractivity contribution in [2.75, 3.05) is 13.1 Å². The number of aromatic nitrogens is 2. The number of nitrogens with zero attached hydrogens (tertiary/aromatic N) is 2. The number of benzene rings is 1. The molecule has 5 nitrogen and oxygen atoms in total. The number of fused-ring (bicyclic) bond motifs is 1. The predicted octanol–water partition coefficient (Wildman–Crippen LogP) is 3.13. The van der Waals surface area contributed by atoms with Crippen molar-refractivity contribution < 1.29 is 9.90 Å². The number of amides is 1. The molecule has 144 valence electrons. The Bertz CT molecular complexity index is 763. The molecule has 1 aromatic carbocycles. The second-order valence-electron chi connectivity index (χ2n) is 7.96. The van der Waals surface area contributed by atoms with E-state index in [0.717, 1.165) is 56.2 Å². The van der Waals surface area contributed by atoms with E-state index >= 15 is 0 Å². The van der Waals surface area contributed by atoms with Gasteiger partial charge in [0.1, 0.15) is 0 Å². The summed E-state index contributed by atoms with van der Waals surface area (Å²) in [5, 5.41) is 18.0. The third-order valence-electron chi connectivity index (χ3n) is 6.20. The molecular weight excluding hydrogens is 338 g/mol. The maximum atomic E-state index is 12.9. The Balaban J connectivity index is 1.29. The molecule has 27 heavy (non-hydrogen) atoms. The molecule has 2 heterocycles. The number of rotatable bonds is 5. The van der Waals surface area contributed by atoms with Crippen molar-refractivity contribution in [1.29, 1.82) is 0 Å². The lowest BCUT2D eigenvalue weighted by atomic mass is 9.88. The summed E-state index contributed by atoms with van der Waals surface area (Å²) < 4.78 is 0. The summed E-state index contributed by atoms with van der Waals surface area (Å²) in [5.41, 5.74) is 4.19. The Hall–Kier alpha value is -2.14. The van der Waals surface area contributed by atoms with Crippen LogP contribution in [0.4, 0.5) is 0 Å². The van der Waals surface area contributed by atoms with Crippen LogP contribution in [0, 0.1) is 5.92 Å². The van der Waals surface area contributed by atoms with Crippen LogP contribution in [-0.4, -0.2) is 45.3 Å². The number of aliphatic hydroxyl groups excluding tert-OH is 1. The smallest absolute Gasteiger partial charge is 0.274 e. The molecule has 1 amide bonds. The summed E-state index contributed by atoms with van der Waals surface area (Å²) in [5.74, 6) is 0.345. The highest BCUT2D eigenvalue weighted by Crippen LogP contribution is 2.27. The molecule has 0 spiro atoms. The average molecular weight is 367 g/mol. The lowest BCUT2D eigenvalue weighted by molar-refractivity contribution is 0.0432. The van der Waals surface area contributed by atoms with Crippen LogP contribution in [0.3, 0.4) is 0 Å². The van der Waals surface area contributed by atoms with E-state index in [2.05, 4.69) is 22.3 Å². The molecule has 0 saturated carbocycles. The number of hydrogen-bond donors (Lipinski definition) is 2. The van der Waals surface area contributed by atoms with E-state index in [0.29, 0.717) is 18.8 Å². The minimum atomic E-state index is -0.291. The van der Waals surface area contributed by atoms with Gasteiger partial charge in [0.05, 0.1) is 6.10 Å². The Labute approximate surface area is 160 Å². The van der Waals surface area contributed by atoms with Crippen molar-refractivity contribution in [3.63, 3.8) is 0 Å². The zero-order valence-electron chi connectivity index (χ0n) is 15.9. The van der Waals surface area contributed by atoms with Gasteiger partial charge in [-0.2, -0.15) is 5.10 Å². The van der Waals surface area contributed by atoms with Crippen molar-refractivity contribution in [3.05, 3.63) is 52.8 Å². The van der Waals surface area contributed by atoms with Crippen LogP contribution in [0.2, 0.25) is 0 Å². The molecule has 1 aromatic heterocycles. The largest absolute Gasteiger partial charge is 0.393 e. The summed E-state index contributed by atoms with van der Waals surface area (Å²) in [4.78, 5) is 14.8. The summed E-state index contributed by atoms with van der Waals surface area (Å²) in [6.45, 7) is 1.43. The number of aromatic amines is 1. The maximum Gasteiger partial charge on any atom is 0.274 e. The molecule has 2 aliphatic rings. The third-order valence-corrected chi connectivity index (χ3v) is 6.20. The molecular formula is C22H29N3O2. The standard InChI is InChI=1S/C22H29N3O2/c26-20(11-10-16-6-2-1-3-7-16)17-12-14-25(15-13-17)22(27)21-18-8-4-5-9-19(18)23-24-21/h1-3,6-7,17,20,26H,4-5,8-15H2,(H,23,24)/t20-/m1/s1. The fraction of sp³-hybridized carbons (Fsp3) is 0.545. The van der Waals surface area contributed by atoms with Gasteiger partial charge in [-0.3, -0.25) is 9.89 Å². The molecule has 2 N–H and O–H groups in total. The highest BCUT2D eigenvalue weighted by molar-refractivity contribution is 5.94. The molecule has 1 aliphatic carbocycles. The van der Waals surface area contributed by atoms with E-state index in [1.54, 1.807) is 0 Å². The molecule has 4 rings (SSSR count). The second-order valence-corrected chi connectivity index (χ2v) is 7.96. The van der Waals surface area contributed by atoms with E-state index in [1.165, 1.54) is 12.0 Å². The van der Waals surface area contributed by atoms with Gasteiger partial charge >= 0.3 is 0 Å². The van der Waals surface area contributed by atoms with Crippen molar-refractivity contribution in [2.45, 2.75) is 57.5 Å². The van der Waals surface area contributed by atoms with Crippen molar-refractivity contribution >= 4 is 5.91 Å². The van der Waals surface area contributed by atoms with Gasteiger partial charge in [-0.05, 0) is 62.8 Å².